The van der Waals surface area contributed by atoms with Crippen molar-refractivity contribution in [1.29, 1.82) is 0 Å². The second-order valence-electron chi connectivity index (χ2n) is 8.70. The molecule has 228 valence electrons. The fraction of sp³-hybridized carbons (Fsp3) is 0.351. The average molecular weight is 588 g/mol. The van der Waals surface area contributed by atoms with Crippen molar-refractivity contribution in [2.75, 3.05) is 22.5 Å². The van der Waals surface area contributed by atoms with Crippen LogP contribution in [0.25, 0.3) is 0 Å². The number of aromatic hydroxyl groups is 1. The van der Waals surface area contributed by atoms with Gasteiger partial charge in [-0.1, -0.05) is 83.2 Å². The normalized spacial score (nSPS) is 12.9. The van der Waals surface area contributed by atoms with Gasteiger partial charge in [0.1, 0.15) is 17.3 Å². The Morgan fingerprint density at radius 1 is 1.12 bits per heavy atom. The number of fused-ring (bicyclic) bond motifs is 3. The Labute approximate surface area is 261 Å². The van der Waals surface area contributed by atoms with Gasteiger partial charge in [0, 0.05) is 21.9 Å². The topological polar surface area (TPSA) is 61.5 Å². The number of allylic oxidation sites excluding steroid dienone is 3. The molecule has 0 aliphatic carbocycles. The van der Waals surface area contributed by atoms with Gasteiger partial charge < -0.3 is 21.1 Å². The Hall–Kier alpha value is -3.93. The highest BCUT2D eigenvalue weighted by Crippen LogP contribution is 2.49. The van der Waals surface area contributed by atoms with E-state index >= 15 is 0 Å². The quantitative estimate of drug-likeness (QED) is 0.141. The van der Waals surface area contributed by atoms with Gasteiger partial charge in [-0.2, -0.15) is 0 Å². The maximum atomic E-state index is 10.0. The van der Waals surface area contributed by atoms with Crippen LogP contribution < -0.4 is 16.0 Å². The van der Waals surface area contributed by atoms with Crippen molar-refractivity contribution in [1.82, 2.24) is 0 Å². The molecule has 2 aliphatic heterocycles. The Kier molecular flexibility index (Phi) is 21.8. The number of terminal acetylenes is 2. The molecule has 4 N–H and O–H groups in total. The monoisotopic (exact) mass is 587 g/mol. The zero-order chi connectivity index (χ0) is 32.8. The van der Waals surface area contributed by atoms with Crippen molar-refractivity contribution >= 4 is 23.1 Å². The third kappa shape index (κ3) is 11.5. The lowest BCUT2D eigenvalue weighted by atomic mass is 10.0. The van der Waals surface area contributed by atoms with Crippen molar-refractivity contribution in [2.45, 2.75) is 80.6 Å². The van der Waals surface area contributed by atoms with Gasteiger partial charge in [0.05, 0.1) is 12.2 Å². The zero-order valence-electron chi connectivity index (χ0n) is 27.6. The van der Waals surface area contributed by atoms with E-state index in [2.05, 4.69) is 106 Å². The number of phenols is 1. The number of aryl methyl sites for hydroxylation is 2. The number of anilines is 2. The van der Waals surface area contributed by atoms with Gasteiger partial charge in [-0.15, -0.1) is 37.0 Å². The predicted molar refractivity (Wildman–Crippen MR) is 191 cm³/mol. The smallest absolute Gasteiger partial charge is 0.141 e. The van der Waals surface area contributed by atoms with Gasteiger partial charge in [0.25, 0.3) is 0 Å². The summed E-state index contributed by atoms with van der Waals surface area (Å²) in [6, 6.07) is 12.2. The lowest BCUT2D eigenvalue weighted by Gasteiger charge is -2.16. The van der Waals surface area contributed by atoms with E-state index in [-0.39, 0.29) is 5.75 Å². The van der Waals surface area contributed by atoms with E-state index < -0.39 is 0 Å². The summed E-state index contributed by atoms with van der Waals surface area (Å²) in [5.74, 6) is 4.54. The molecule has 0 aromatic heterocycles. The first kappa shape index (κ1) is 40.2. The van der Waals surface area contributed by atoms with Crippen molar-refractivity contribution in [3.63, 3.8) is 0 Å². The van der Waals surface area contributed by atoms with Gasteiger partial charge >= 0.3 is 0 Å². The van der Waals surface area contributed by atoms with Gasteiger partial charge in [0.15, 0.2) is 0 Å². The zero-order valence-corrected chi connectivity index (χ0v) is 28.4. The van der Waals surface area contributed by atoms with Crippen molar-refractivity contribution in [2.24, 2.45) is 5.73 Å². The minimum absolute atomic E-state index is 0.260. The number of benzene rings is 2. The molecule has 42 heavy (non-hydrogen) atoms. The summed E-state index contributed by atoms with van der Waals surface area (Å²) < 4.78 is 0. The highest BCUT2D eigenvalue weighted by molar-refractivity contribution is 7.99. The fourth-order valence-electron chi connectivity index (χ4n) is 3.98. The first-order valence-corrected chi connectivity index (χ1v) is 15.4. The maximum Gasteiger partial charge on any atom is 0.141 e. The van der Waals surface area contributed by atoms with Gasteiger partial charge in [0.2, 0.25) is 0 Å². The Bertz CT molecular complexity index is 1280. The molecule has 0 fully saturated rings. The largest absolute Gasteiger partial charge is 0.506 e. The molecule has 2 aliphatic rings. The summed E-state index contributed by atoms with van der Waals surface area (Å²) in [5, 5.41) is 13.3. The van der Waals surface area contributed by atoms with E-state index in [9.17, 15) is 5.11 Å². The summed E-state index contributed by atoms with van der Waals surface area (Å²) in [6.45, 7) is 24.9. The molecule has 2 aromatic carbocycles. The molecule has 0 saturated heterocycles. The SMILES string of the molecule is C#C.C#CC.C/C=C(\C)CSc1ccccc1C.C=C(N)C1=C2Nc3c(O)ccc(C)c3N2C/C1=C/CC.CC.CC. The molecule has 0 atom stereocenters. The van der Waals surface area contributed by atoms with Crippen LogP contribution in [-0.2, 0) is 0 Å². The third-order valence-electron chi connectivity index (χ3n) is 5.84. The molecule has 0 radical (unpaired) electrons. The predicted octanol–water partition coefficient (Wildman–Crippen LogP) is 9.96. The molecule has 2 heterocycles. The summed E-state index contributed by atoms with van der Waals surface area (Å²) >= 11 is 1.91. The molecule has 0 spiro atoms. The molecule has 5 heteroatoms. The van der Waals surface area contributed by atoms with Crippen LogP contribution in [0, 0.1) is 39.0 Å². The van der Waals surface area contributed by atoms with Crippen molar-refractivity contribution in [3.8, 4) is 30.9 Å². The van der Waals surface area contributed by atoms with E-state index in [1.165, 1.54) is 21.6 Å². The van der Waals surface area contributed by atoms with Crippen LogP contribution in [0.15, 0.2) is 88.3 Å². The van der Waals surface area contributed by atoms with E-state index in [1.807, 2.05) is 52.4 Å². The molecular formula is C37H53N3OS. The van der Waals surface area contributed by atoms with Crippen LogP contribution in [-0.4, -0.2) is 17.4 Å². The Balaban J connectivity index is 0. The second kappa shape index (κ2) is 22.7. The van der Waals surface area contributed by atoms with Crippen molar-refractivity contribution < 1.29 is 5.11 Å². The minimum atomic E-state index is 0.260. The summed E-state index contributed by atoms with van der Waals surface area (Å²) in [4.78, 5) is 3.56. The number of hydrogen-bond donors (Lipinski definition) is 3. The van der Waals surface area contributed by atoms with Crippen LogP contribution in [0.1, 0.15) is 72.9 Å². The molecule has 0 amide bonds. The standard InChI is InChI=1S/C16H19N3O.C12H16S.C3H4.2C2H6.C2H2/c1-4-5-11-8-19-15-9(2)6-7-12(20)14(15)18-16(19)13(11)10(3)17;1-4-10(2)9-13-12-8-6-5-7-11(12)3;1-3-2;3*1-2/h5-7,18,20H,3-4,8,17H2,1-2H3;4-8H,9H2,1-3H3;1H,2H3;2*1-2H3;1-2H/b11-5-;10-4+;;;;. The molecule has 2 aromatic rings. The molecule has 0 saturated carbocycles. The number of thioether (sulfide) groups is 1. The number of nitrogens with one attached hydrogen (secondary N) is 1. The Morgan fingerprint density at radius 2 is 1.69 bits per heavy atom. The van der Waals surface area contributed by atoms with Crippen LogP contribution >= 0.6 is 11.8 Å². The number of rotatable bonds is 5. The van der Waals surface area contributed by atoms with E-state index in [4.69, 9.17) is 5.73 Å². The van der Waals surface area contributed by atoms with Crippen LogP contribution in [0.4, 0.5) is 11.4 Å². The van der Waals surface area contributed by atoms with Gasteiger partial charge in [-0.25, -0.2) is 0 Å². The number of phenolic OH excluding ortho intramolecular Hbond substituents is 1. The number of nitrogens with zero attached hydrogens (tertiary/aromatic N) is 1. The minimum Gasteiger partial charge on any atom is -0.506 e. The van der Waals surface area contributed by atoms with Gasteiger partial charge in [-0.3, -0.25) is 0 Å². The molecular weight excluding hydrogens is 534 g/mol. The van der Waals surface area contributed by atoms with E-state index in [0.717, 1.165) is 47.1 Å². The highest BCUT2D eigenvalue weighted by Gasteiger charge is 2.36. The Morgan fingerprint density at radius 3 is 2.19 bits per heavy atom. The van der Waals surface area contributed by atoms with Crippen LogP contribution in [0.3, 0.4) is 0 Å². The average Bonchev–Trinajstić information content (AvgIpc) is 3.55. The maximum absolute atomic E-state index is 10.0. The first-order chi connectivity index (χ1) is 20.2. The molecule has 0 bridgehead atoms. The second-order valence-corrected chi connectivity index (χ2v) is 9.72. The van der Waals surface area contributed by atoms with Crippen LogP contribution in [0.2, 0.25) is 0 Å². The fourth-order valence-corrected chi connectivity index (χ4v) is 5.00. The first-order valence-electron chi connectivity index (χ1n) is 14.5. The van der Waals surface area contributed by atoms with Crippen LogP contribution in [0.5, 0.6) is 5.75 Å². The summed E-state index contributed by atoms with van der Waals surface area (Å²) in [5.41, 5.74) is 14.4. The summed E-state index contributed by atoms with van der Waals surface area (Å²) in [7, 11) is 0. The molecule has 4 rings (SSSR count). The highest BCUT2D eigenvalue weighted by atomic mass is 32.2. The van der Waals surface area contributed by atoms with Gasteiger partial charge in [-0.05, 0) is 69.9 Å². The third-order valence-corrected chi connectivity index (χ3v) is 7.21. The molecule has 4 nitrogen and oxygen atoms in total. The number of hydrogen-bond acceptors (Lipinski definition) is 5. The number of nitrogens with two attached hydrogens (primary N) is 1. The van der Waals surface area contributed by atoms with E-state index in [0.29, 0.717) is 5.70 Å². The van der Waals surface area contributed by atoms with Crippen molar-refractivity contribution in [3.05, 3.63) is 94.5 Å². The lowest BCUT2D eigenvalue weighted by Crippen LogP contribution is -2.17. The van der Waals surface area contributed by atoms with E-state index in [1.54, 1.807) is 13.0 Å². The lowest BCUT2D eigenvalue weighted by molar-refractivity contribution is 0.478. The summed E-state index contributed by atoms with van der Waals surface area (Å²) in [6.07, 6.45) is 17.9. The molecule has 0 unspecified atom stereocenters.